The fourth-order valence-electron chi connectivity index (χ4n) is 2.75. The predicted molar refractivity (Wildman–Crippen MR) is 101 cm³/mol. The number of hydrogen-bond acceptors (Lipinski definition) is 4. The van der Waals surface area contributed by atoms with E-state index in [2.05, 4.69) is 32.7 Å². The van der Waals surface area contributed by atoms with Crippen molar-refractivity contribution < 1.29 is 4.42 Å². The molecule has 2 N–H and O–H groups in total. The summed E-state index contributed by atoms with van der Waals surface area (Å²) in [4.78, 5) is 6.77. The fraction of sp³-hybridized carbons (Fsp3) is 0.438. The van der Waals surface area contributed by atoms with Crippen LogP contribution in [0.1, 0.15) is 19.2 Å². The maximum Gasteiger partial charge on any atom is 0.209 e. The van der Waals surface area contributed by atoms with Crippen molar-refractivity contribution in [3.63, 3.8) is 0 Å². The quantitative estimate of drug-likeness (QED) is 0.804. The normalized spacial score (nSPS) is 20.8. The molecule has 0 saturated carbocycles. The van der Waals surface area contributed by atoms with E-state index in [0.717, 1.165) is 54.3 Å². The number of aromatic nitrogens is 1. The molecular formula is C16H22BrCl2N3O. The third-order valence-electron chi connectivity index (χ3n) is 4.17. The summed E-state index contributed by atoms with van der Waals surface area (Å²) in [5.74, 6) is 1.59. The van der Waals surface area contributed by atoms with Gasteiger partial charge in [-0.1, -0.05) is 35.0 Å². The molecule has 7 heteroatoms. The van der Waals surface area contributed by atoms with Gasteiger partial charge in [0.15, 0.2) is 5.76 Å². The van der Waals surface area contributed by atoms with Crippen molar-refractivity contribution in [2.24, 2.45) is 11.1 Å². The highest BCUT2D eigenvalue weighted by Gasteiger charge is 2.32. The van der Waals surface area contributed by atoms with Crippen molar-refractivity contribution in [3.8, 4) is 11.3 Å². The minimum Gasteiger partial charge on any atom is -0.439 e. The molecule has 0 aliphatic carbocycles. The molecule has 1 atom stereocenters. The highest BCUT2D eigenvalue weighted by Crippen LogP contribution is 2.30. The smallest absolute Gasteiger partial charge is 0.209 e. The van der Waals surface area contributed by atoms with Crippen LogP contribution in [0.25, 0.3) is 11.3 Å². The maximum atomic E-state index is 5.87. The van der Waals surface area contributed by atoms with Crippen LogP contribution >= 0.6 is 40.7 Å². The first-order valence-electron chi connectivity index (χ1n) is 7.21. The minimum atomic E-state index is 0. The lowest BCUT2D eigenvalue weighted by Crippen LogP contribution is -2.31. The summed E-state index contributed by atoms with van der Waals surface area (Å²) in [6.45, 7) is 5.81. The van der Waals surface area contributed by atoms with Crippen LogP contribution in [0.5, 0.6) is 0 Å². The molecule has 3 rings (SSSR count). The van der Waals surface area contributed by atoms with Crippen LogP contribution in [0.2, 0.25) is 0 Å². The molecule has 1 aromatic heterocycles. The SMILES string of the molecule is CC1(CN)CCN(Cc2ncc(-c3ccc(Br)cc3)o2)C1.Cl.Cl. The van der Waals surface area contributed by atoms with Gasteiger partial charge in [-0.15, -0.1) is 24.8 Å². The summed E-state index contributed by atoms with van der Waals surface area (Å²) in [6.07, 6.45) is 2.94. The number of rotatable bonds is 4. The molecule has 1 aliphatic rings. The highest BCUT2D eigenvalue weighted by molar-refractivity contribution is 9.10. The molecule has 0 radical (unpaired) electrons. The lowest BCUT2D eigenvalue weighted by Gasteiger charge is -2.21. The molecular weight excluding hydrogens is 401 g/mol. The van der Waals surface area contributed by atoms with E-state index in [4.69, 9.17) is 10.2 Å². The Morgan fingerprint density at radius 3 is 2.61 bits per heavy atom. The monoisotopic (exact) mass is 421 g/mol. The number of halogens is 3. The highest BCUT2D eigenvalue weighted by atomic mass is 79.9. The molecule has 0 bridgehead atoms. The van der Waals surface area contributed by atoms with Crippen molar-refractivity contribution in [2.75, 3.05) is 19.6 Å². The summed E-state index contributed by atoms with van der Waals surface area (Å²) in [5.41, 5.74) is 7.13. The van der Waals surface area contributed by atoms with E-state index in [9.17, 15) is 0 Å². The van der Waals surface area contributed by atoms with Gasteiger partial charge < -0.3 is 10.2 Å². The summed E-state index contributed by atoms with van der Waals surface area (Å²) in [5, 5.41) is 0. The Morgan fingerprint density at radius 1 is 1.30 bits per heavy atom. The van der Waals surface area contributed by atoms with Crippen LogP contribution in [0.3, 0.4) is 0 Å². The number of hydrogen-bond donors (Lipinski definition) is 1. The summed E-state index contributed by atoms with van der Waals surface area (Å²) < 4.78 is 6.93. The lowest BCUT2D eigenvalue weighted by molar-refractivity contribution is 0.252. The maximum absolute atomic E-state index is 5.87. The van der Waals surface area contributed by atoms with E-state index in [0.29, 0.717) is 0 Å². The van der Waals surface area contributed by atoms with Gasteiger partial charge in [-0.3, -0.25) is 4.90 Å². The molecule has 1 aliphatic heterocycles. The van der Waals surface area contributed by atoms with Crippen molar-refractivity contribution in [1.29, 1.82) is 0 Å². The van der Waals surface area contributed by atoms with E-state index in [1.165, 1.54) is 0 Å². The first kappa shape index (κ1) is 20.5. The summed E-state index contributed by atoms with van der Waals surface area (Å²) in [6, 6.07) is 8.06. The van der Waals surface area contributed by atoms with Gasteiger partial charge in [-0.2, -0.15) is 0 Å². The Bertz CT molecular complexity index is 620. The van der Waals surface area contributed by atoms with Gasteiger partial charge in [0.2, 0.25) is 5.89 Å². The van der Waals surface area contributed by atoms with Crippen LogP contribution < -0.4 is 5.73 Å². The van der Waals surface area contributed by atoms with Crippen LogP contribution in [-0.4, -0.2) is 29.5 Å². The third-order valence-corrected chi connectivity index (χ3v) is 4.70. The third kappa shape index (κ3) is 4.94. The molecule has 1 aromatic carbocycles. The molecule has 1 fully saturated rings. The van der Waals surface area contributed by atoms with Gasteiger partial charge in [0, 0.05) is 16.6 Å². The predicted octanol–water partition coefficient (Wildman–Crippen LogP) is 4.12. The minimum absolute atomic E-state index is 0. The molecule has 128 valence electrons. The number of benzene rings is 1. The van der Waals surface area contributed by atoms with Gasteiger partial charge in [0.05, 0.1) is 12.7 Å². The Balaban J connectivity index is 0.00000132. The summed E-state index contributed by atoms with van der Waals surface area (Å²) in [7, 11) is 0. The van der Waals surface area contributed by atoms with Crippen LogP contribution in [0.15, 0.2) is 39.4 Å². The Hall–Kier alpha value is -0.590. The molecule has 0 spiro atoms. The van der Waals surface area contributed by atoms with Crippen LogP contribution in [-0.2, 0) is 6.54 Å². The first-order valence-corrected chi connectivity index (χ1v) is 8.00. The van der Waals surface area contributed by atoms with Gasteiger partial charge in [-0.25, -0.2) is 4.98 Å². The number of nitrogens with two attached hydrogens (primary N) is 1. The molecule has 0 amide bonds. The number of oxazole rings is 1. The van der Waals surface area contributed by atoms with Gasteiger partial charge in [0.1, 0.15) is 0 Å². The zero-order valence-corrected chi connectivity index (χ0v) is 16.2. The largest absolute Gasteiger partial charge is 0.439 e. The first-order chi connectivity index (χ1) is 10.1. The Labute approximate surface area is 157 Å². The number of nitrogens with zero attached hydrogens (tertiary/aromatic N) is 2. The number of likely N-dealkylation sites (tertiary alicyclic amines) is 1. The lowest BCUT2D eigenvalue weighted by atomic mass is 9.90. The molecule has 2 aromatic rings. The van der Waals surface area contributed by atoms with Gasteiger partial charge >= 0.3 is 0 Å². The van der Waals surface area contributed by atoms with E-state index in [1.807, 2.05) is 24.3 Å². The molecule has 23 heavy (non-hydrogen) atoms. The molecule has 2 heterocycles. The van der Waals surface area contributed by atoms with E-state index in [1.54, 1.807) is 6.20 Å². The fourth-order valence-corrected chi connectivity index (χ4v) is 3.01. The topological polar surface area (TPSA) is 55.3 Å². The average molecular weight is 423 g/mol. The van der Waals surface area contributed by atoms with Crippen LogP contribution in [0.4, 0.5) is 0 Å². The van der Waals surface area contributed by atoms with Gasteiger partial charge in [-0.05, 0) is 37.1 Å². The Morgan fingerprint density at radius 2 is 2.00 bits per heavy atom. The second kappa shape index (κ2) is 8.49. The Kier molecular flexibility index (Phi) is 7.55. The molecule has 1 unspecified atom stereocenters. The van der Waals surface area contributed by atoms with Crippen molar-refractivity contribution >= 4 is 40.7 Å². The van der Waals surface area contributed by atoms with Crippen molar-refractivity contribution in [1.82, 2.24) is 9.88 Å². The van der Waals surface area contributed by atoms with Crippen molar-refractivity contribution in [3.05, 3.63) is 40.8 Å². The average Bonchev–Trinajstić information content (AvgIpc) is 3.08. The second-order valence-corrected chi connectivity index (χ2v) is 7.02. The molecule has 1 saturated heterocycles. The van der Waals surface area contributed by atoms with Crippen molar-refractivity contribution in [2.45, 2.75) is 19.9 Å². The zero-order chi connectivity index (χ0) is 14.9. The van der Waals surface area contributed by atoms with E-state index < -0.39 is 0 Å². The standard InChI is InChI=1S/C16H20BrN3O.2ClH/c1-16(10-18)6-7-20(11-16)9-15-19-8-14(21-15)12-2-4-13(17)5-3-12;;/h2-5,8H,6-7,9-11,18H2,1H3;2*1H. The zero-order valence-electron chi connectivity index (χ0n) is 13.0. The van der Waals surface area contributed by atoms with Crippen LogP contribution in [0, 0.1) is 5.41 Å². The summed E-state index contributed by atoms with van der Waals surface area (Å²) >= 11 is 3.44. The van der Waals surface area contributed by atoms with E-state index in [-0.39, 0.29) is 30.2 Å². The van der Waals surface area contributed by atoms with E-state index >= 15 is 0 Å². The molecule has 4 nitrogen and oxygen atoms in total. The second-order valence-electron chi connectivity index (χ2n) is 6.10. The van der Waals surface area contributed by atoms with Gasteiger partial charge in [0.25, 0.3) is 0 Å².